The summed E-state index contributed by atoms with van der Waals surface area (Å²) in [6.45, 7) is 2.03. The van der Waals surface area contributed by atoms with E-state index in [1.165, 1.54) is 36.5 Å². The molecule has 0 amide bonds. The van der Waals surface area contributed by atoms with E-state index in [1.54, 1.807) is 23.0 Å². The third-order valence-electron chi connectivity index (χ3n) is 10.3. The molecule has 3 aliphatic rings. The maximum Gasteiger partial charge on any atom is 0.269 e. The fourth-order valence-electron chi connectivity index (χ4n) is 8.17. The number of pyridine rings is 1. The van der Waals surface area contributed by atoms with Gasteiger partial charge in [0.25, 0.3) is 5.56 Å². The van der Waals surface area contributed by atoms with E-state index >= 15 is 4.39 Å². The number of aromatic nitrogens is 4. The minimum absolute atomic E-state index is 0.183. The highest BCUT2D eigenvalue weighted by atomic mass is 32.2. The van der Waals surface area contributed by atoms with Gasteiger partial charge in [0.2, 0.25) is 0 Å². The second-order valence-corrected chi connectivity index (χ2v) is 13.4. The topological polar surface area (TPSA) is 76.5 Å². The van der Waals surface area contributed by atoms with Crippen molar-refractivity contribution in [2.45, 2.75) is 56.1 Å². The van der Waals surface area contributed by atoms with Crippen LogP contribution in [0.3, 0.4) is 0 Å². The zero-order valence-electron chi connectivity index (χ0n) is 25.5. The first-order valence-corrected chi connectivity index (χ1v) is 16.9. The van der Waals surface area contributed by atoms with Gasteiger partial charge in [-0.1, -0.05) is 24.3 Å². The fourth-order valence-corrected chi connectivity index (χ4v) is 8.73. The van der Waals surface area contributed by atoms with Crippen molar-refractivity contribution in [2.75, 3.05) is 6.26 Å². The second kappa shape index (κ2) is 11.1. The Bertz CT molecular complexity index is 2290. The van der Waals surface area contributed by atoms with Gasteiger partial charge < -0.3 is 9.13 Å². The molecule has 6 nitrogen and oxygen atoms in total. The van der Waals surface area contributed by atoms with Crippen LogP contribution in [-0.4, -0.2) is 25.4 Å². The van der Waals surface area contributed by atoms with Gasteiger partial charge in [0.1, 0.15) is 16.4 Å². The summed E-state index contributed by atoms with van der Waals surface area (Å²) in [5, 5.41) is 13.3. The molecular weight excluding hydrogens is 601 g/mol. The minimum atomic E-state index is -0.469. The van der Waals surface area contributed by atoms with Crippen LogP contribution in [0.25, 0.3) is 43.7 Å². The van der Waals surface area contributed by atoms with Gasteiger partial charge >= 0.3 is 0 Å². The number of hydrogen-bond acceptors (Lipinski definition) is 5. The van der Waals surface area contributed by atoms with Crippen molar-refractivity contribution in [1.82, 2.24) is 19.1 Å². The highest BCUT2D eigenvalue weighted by Gasteiger charge is 2.49. The molecule has 0 unspecified atom stereocenters. The van der Waals surface area contributed by atoms with Gasteiger partial charge in [-0.25, -0.2) is 13.8 Å². The summed E-state index contributed by atoms with van der Waals surface area (Å²) in [7, 11) is 0. The molecule has 0 saturated heterocycles. The Kier molecular flexibility index (Phi) is 6.95. The highest BCUT2D eigenvalue weighted by molar-refractivity contribution is 7.98. The number of fused-ring (bicyclic) bond motifs is 5. The lowest BCUT2D eigenvalue weighted by molar-refractivity contribution is 0.164. The van der Waals surface area contributed by atoms with Gasteiger partial charge in [-0.05, 0) is 96.9 Å². The molecule has 3 aliphatic carbocycles. The van der Waals surface area contributed by atoms with Crippen molar-refractivity contribution >= 4 is 44.3 Å². The summed E-state index contributed by atoms with van der Waals surface area (Å²) in [6, 6.07) is 16.4. The van der Waals surface area contributed by atoms with Gasteiger partial charge in [-0.15, -0.1) is 11.8 Å². The summed E-state index contributed by atoms with van der Waals surface area (Å²) >= 11 is 1.47. The SMILES string of the molecule is CSc1nc2c(F)c(-c3cccc4ccc(F)cc34)c(CCC#N)cc2c2c1cc([C@@H](C)n1ccncc1=O)n2[C@@H]1[C@@H]2CC[C@H]1C2. The van der Waals surface area contributed by atoms with E-state index in [-0.39, 0.29) is 29.6 Å². The molecule has 2 bridgehead atoms. The monoisotopic (exact) mass is 631 g/mol. The lowest BCUT2D eigenvalue weighted by Crippen LogP contribution is -2.33. The number of nitriles is 1. The van der Waals surface area contributed by atoms with Gasteiger partial charge in [-0.3, -0.25) is 9.78 Å². The summed E-state index contributed by atoms with van der Waals surface area (Å²) in [4.78, 5) is 21.9. The zero-order chi connectivity index (χ0) is 31.7. The van der Waals surface area contributed by atoms with Crippen LogP contribution in [0.4, 0.5) is 8.78 Å². The summed E-state index contributed by atoms with van der Waals surface area (Å²) < 4.78 is 35.9. The Hall–Kier alpha value is -4.55. The van der Waals surface area contributed by atoms with Gasteiger partial charge in [0, 0.05) is 46.9 Å². The molecule has 6 aromatic rings. The average Bonchev–Trinajstić information content (AvgIpc) is 3.80. The number of nitrogens with zero attached hydrogens (tertiary/aromatic N) is 5. The third kappa shape index (κ3) is 4.30. The maximum absolute atomic E-state index is 17.3. The highest BCUT2D eigenvalue weighted by Crippen LogP contribution is 2.58. The first kappa shape index (κ1) is 28.9. The van der Waals surface area contributed by atoms with Gasteiger partial charge in [-0.2, -0.15) is 5.26 Å². The normalized spacial score (nSPS) is 19.5. The molecule has 0 N–H and O–H groups in total. The lowest BCUT2D eigenvalue weighted by atomic mass is 9.78. The smallest absolute Gasteiger partial charge is 0.269 e. The number of hydrogen-bond donors (Lipinski definition) is 0. The molecule has 9 heteroatoms. The summed E-state index contributed by atoms with van der Waals surface area (Å²) in [5.74, 6) is 0.180. The fraction of sp³-hybridized carbons (Fsp3) is 0.297. The van der Waals surface area contributed by atoms with E-state index < -0.39 is 11.6 Å². The number of aryl methyl sites for hydroxylation is 1. The number of thioether (sulfide) groups is 1. The van der Waals surface area contributed by atoms with Gasteiger partial charge in [0.05, 0.1) is 23.8 Å². The van der Waals surface area contributed by atoms with E-state index in [0.717, 1.165) is 34.8 Å². The Morgan fingerprint density at radius 2 is 1.91 bits per heavy atom. The first-order valence-electron chi connectivity index (χ1n) is 15.7. The molecule has 3 saturated carbocycles. The van der Waals surface area contributed by atoms with Crippen LogP contribution in [0.2, 0.25) is 0 Å². The standard InChI is InChI=1S/C37H31F2N5OS/c1-20(43-14-13-41-19-31(43)45)30-18-29-36(44(30)35-23-8-9-24(35)15-23)28-16-22(6-4-12-40)32(33(39)34(28)42-37(29)46-2)26-7-3-5-21-10-11-25(38)17-27(21)26/h3,5,7,10-11,13-14,16-20,23-24,35H,4,6,8-9,15H2,1-2H3/t20-,23-,24+,35-/m1/s1. The Morgan fingerprint density at radius 1 is 1.09 bits per heavy atom. The molecule has 9 rings (SSSR count). The molecule has 0 radical (unpaired) electrons. The van der Waals surface area contributed by atoms with Crippen molar-refractivity contribution in [2.24, 2.45) is 11.8 Å². The molecule has 0 aliphatic heterocycles. The van der Waals surface area contributed by atoms with Crippen LogP contribution in [0.5, 0.6) is 0 Å². The first-order chi connectivity index (χ1) is 22.4. The van der Waals surface area contributed by atoms with Crippen LogP contribution in [0, 0.1) is 34.8 Å². The predicted octanol–water partition coefficient (Wildman–Crippen LogP) is 8.60. The molecule has 4 atom stereocenters. The van der Waals surface area contributed by atoms with Crippen molar-refractivity contribution in [3.63, 3.8) is 0 Å². The molecule has 3 aromatic carbocycles. The Balaban J connectivity index is 1.48. The summed E-state index contributed by atoms with van der Waals surface area (Å²) in [6.07, 6.45) is 10.6. The third-order valence-corrected chi connectivity index (χ3v) is 11.0. The molecule has 3 fully saturated rings. The molecule has 46 heavy (non-hydrogen) atoms. The van der Waals surface area contributed by atoms with Crippen LogP contribution >= 0.6 is 11.8 Å². The minimum Gasteiger partial charge on any atom is -0.338 e. The van der Waals surface area contributed by atoms with E-state index in [2.05, 4.69) is 21.7 Å². The van der Waals surface area contributed by atoms with Crippen LogP contribution in [0.1, 0.15) is 55.9 Å². The molecule has 0 spiro atoms. The largest absolute Gasteiger partial charge is 0.338 e. The molecule has 3 aromatic heterocycles. The van der Waals surface area contributed by atoms with E-state index in [0.29, 0.717) is 50.7 Å². The van der Waals surface area contributed by atoms with Crippen LogP contribution in [0.15, 0.2) is 76.9 Å². The predicted molar refractivity (Wildman–Crippen MR) is 178 cm³/mol. The van der Waals surface area contributed by atoms with Crippen molar-refractivity contribution in [1.29, 1.82) is 5.26 Å². The van der Waals surface area contributed by atoms with E-state index in [4.69, 9.17) is 4.98 Å². The molecule has 3 heterocycles. The maximum atomic E-state index is 17.3. The average molecular weight is 632 g/mol. The quantitative estimate of drug-likeness (QED) is 0.165. The van der Waals surface area contributed by atoms with Crippen LogP contribution in [-0.2, 0) is 6.42 Å². The number of halogens is 2. The second-order valence-electron chi connectivity index (χ2n) is 12.6. The lowest BCUT2D eigenvalue weighted by Gasteiger charge is -2.39. The molecule has 230 valence electrons. The molecular formula is C37H31F2N5OS. The van der Waals surface area contributed by atoms with Gasteiger partial charge in [0.15, 0.2) is 5.82 Å². The number of benzene rings is 3. The van der Waals surface area contributed by atoms with E-state index in [1.807, 2.05) is 37.4 Å². The number of rotatable bonds is 7. The van der Waals surface area contributed by atoms with Crippen molar-refractivity contribution in [3.05, 3.63) is 100 Å². The van der Waals surface area contributed by atoms with Crippen molar-refractivity contribution in [3.8, 4) is 17.2 Å². The Labute approximate surface area is 268 Å². The summed E-state index contributed by atoms with van der Waals surface area (Å²) in [5.41, 5.74) is 3.61. The zero-order valence-corrected chi connectivity index (χ0v) is 26.3. The Morgan fingerprint density at radius 3 is 2.65 bits per heavy atom. The van der Waals surface area contributed by atoms with Crippen molar-refractivity contribution < 1.29 is 8.78 Å². The van der Waals surface area contributed by atoms with Crippen LogP contribution < -0.4 is 5.56 Å². The van der Waals surface area contributed by atoms with E-state index in [9.17, 15) is 14.4 Å².